The van der Waals surface area contributed by atoms with Gasteiger partial charge in [0, 0.05) is 29.6 Å². The third kappa shape index (κ3) is 4.92. The topological polar surface area (TPSA) is 62.7 Å². The van der Waals surface area contributed by atoms with Gasteiger partial charge in [-0.15, -0.1) is 11.3 Å². The second-order valence-electron chi connectivity index (χ2n) is 8.94. The van der Waals surface area contributed by atoms with Crippen LogP contribution in [0, 0.1) is 12.8 Å². The Morgan fingerprint density at radius 1 is 1.23 bits per heavy atom. The van der Waals surface area contributed by atoms with Gasteiger partial charge < -0.3 is 9.64 Å². The molecule has 2 saturated heterocycles. The van der Waals surface area contributed by atoms with E-state index in [0.29, 0.717) is 32.0 Å². The number of rotatable bonds is 6. The molecule has 0 N–H and O–H groups in total. The number of benzene rings is 1. The molecule has 0 radical (unpaired) electrons. The van der Waals surface area contributed by atoms with Crippen molar-refractivity contribution < 1.29 is 14.3 Å². The minimum absolute atomic E-state index is 0.120. The fourth-order valence-electron chi connectivity index (χ4n) is 4.59. The zero-order chi connectivity index (χ0) is 22.0. The third-order valence-corrected chi connectivity index (χ3v) is 7.25. The van der Waals surface area contributed by atoms with Crippen molar-refractivity contribution in [1.29, 1.82) is 0 Å². The Morgan fingerprint density at radius 2 is 1.94 bits per heavy atom. The maximum Gasteiger partial charge on any atom is 0.410 e. The number of aromatic nitrogens is 1. The van der Waals surface area contributed by atoms with E-state index in [2.05, 4.69) is 13.8 Å². The van der Waals surface area contributed by atoms with Gasteiger partial charge in [-0.05, 0) is 32.1 Å². The average molecular weight is 442 g/mol. The normalized spacial score (nSPS) is 19.9. The van der Waals surface area contributed by atoms with E-state index in [1.165, 1.54) is 0 Å². The summed E-state index contributed by atoms with van der Waals surface area (Å²) in [5.74, 6) is 0.639. The molecule has 2 aliphatic rings. The van der Waals surface area contributed by atoms with Gasteiger partial charge in [0.05, 0.1) is 18.2 Å². The number of ether oxygens (including phenoxy) is 1. The van der Waals surface area contributed by atoms with Crippen LogP contribution in [-0.2, 0) is 16.0 Å². The first-order valence-corrected chi connectivity index (χ1v) is 12.0. The highest BCUT2D eigenvalue weighted by molar-refractivity contribution is 7.15. The molecule has 1 aromatic carbocycles. The minimum atomic E-state index is -0.193. The lowest BCUT2D eigenvalue weighted by Crippen LogP contribution is -2.50. The predicted molar refractivity (Wildman–Crippen MR) is 122 cm³/mol. The molecule has 2 aliphatic heterocycles. The summed E-state index contributed by atoms with van der Waals surface area (Å²) < 4.78 is 5.34. The second-order valence-corrected chi connectivity index (χ2v) is 10.1. The molecule has 2 fully saturated rings. The van der Waals surface area contributed by atoms with Crippen molar-refractivity contribution in [2.75, 3.05) is 19.7 Å². The number of hydrogen-bond acceptors (Lipinski definition) is 5. The molecule has 2 amide bonds. The van der Waals surface area contributed by atoms with Gasteiger partial charge in [-0.1, -0.05) is 44.2 Å². The largest absolute Gasteiger partial charge is 0.447 e. The molecule has 0 spiro atoms. The van der Waals surface area contributed by atoms with Crippen LogP contribution in [0.2, 0.25) is 0 Å². The Bertz CT molecular complexity index is 919. The molecule has 1 atom stereocenters. The van der Waals surface area contributed by atoms with Crippen LogP contribution in [-0.4, -0.2) is 58.6 Å². The molecule has 7 heteroatoms. The molecule has 0 unspecified atom stereocenters. The van der Waals surface area contributed by atoms with Gasteiger partial charge in [-0.3, -0.25) is 9.69 Å². The molecule has 166 valence electrons. The molecule has 0 saturated carbocycles. The van der Waals surface area contributed by atoms with Crippen molar-refractivity contribution in [2.24, 2.45) is 5.92 Å². The SMILES string of the molecule is Cc1sc(-c2ccccc2)nc1CC(=O)N1CCC(N2C(=O)OC[C@H]2CC(C)C)CC1. The van der Waals surface area contributed by atoms with E-state index in [1.807, 2.05) is 47.1 Å². The minimum Gasteiger partial charge on any atom is -0.447 e. The molecular formula is C24H31N3O3S. The smallest absolute Gasteiger partial charge is 0.410 e. The summed E-state index contributed by atoms with van der Waals surface area (Å²) in [6, 6.07) is 10.4. The lowest BCUT2D eigenvalue weighted by Gasteiger charge is -2.38. The van der Waals surface area contributed by atoms with E-state index < -0.39 is 0 Å². The van der Waals surface area contributed by atoms with Gasteiger partial charge in [0.2, 0.25) is 5.91 Å². The number of hydrogen-bond donors (Lipinski definition) is 0. The number of likely N-dealkylation sites (tertiary alicyclic amines) is 1. The fourth-order valence-corrected chi connectivity index (χ4v) is 5.52. The summed E-state index contributed by atoms with van der Waals surface area (Å²) >= 11 is 1.64. The number of piperidine rings is 1. The lowest BCUT2D eigenvalue weighted by molar-refractivity contribution is -0.132. The molecule has 6 nitrogen and oxygen atoms in total. The lowest BCUT2D eigenvalue weighted by atomic mass is 9.98. The fraction of sp³-hybridized carbons (Fsp3) is 0.542. The van der Waals surface area contributed by atoms with Crippen molar-refractivity contribution in [2.45, 2.75) is 58.5 Å². The highest BCUT2D eigenvalue weighted by Gasteiger charge is 2.39. The summed E-state index contributed by atoms with van der Waals surface area (Å²) in [6.07, 6.45) is 2.71. The van der Waals surface area contributed by atoms with Crippen molar-refractivity contribution >= 4 is 23.3 Å². The van der Waals surface area contributed by atoms with E-state index in [-0.39, 0.29) is 24.1 Å². The number of thiazole rings is 1. The molecule has 0 aliphatic carbocycles. The number of amides is 2. The van der Waals surface area contributed by atoms with E-state index in [1.54, 1.807) is 11.3 Å². The molecule has 3 heterocycles. The van der Waals surface area contributed by atoms with Crippen molar-refractivity contribution in [3.63, 3.8) is 0 Å². The second kappa shape index (κ2) is 9.39. The summed E-state index contributed by atoms with van der Waals surface area (Å²) in [5, 5.41) is 0.961. The van der Waals surface area contributed by atoms with E-state index in [4.69, 9.17) is 9.72 Å². The van der Waals surface area contributed by atoms with E-state index in [9.17, 15) is 9.59 Å². The summed E-state index contributed by atoms with van der Waals surface area (Å²) in [5.41, 5.74) is 1.96. The Hall–Kier alpha value is -2.41. The average Bonchev–Trinajstić information content (AvgIpc) is 3.30. The van der Waals surface area contributed by atoms with Gasteiger partial charge in [0.25, 0.3) is 0 Å². The van der Waals surface area contributed by atoms with Crippen LogP contribution in [0.25, 0.3) is 10.6 Å². The summed E-state index contributed by atoms with van der Waals surface area (Å²) in [6.45, 7) is 8.22. The zero-order valence-corrected chi connectivity index (χ0v) is 19.4. The number of carbonyl (C=O) groups excluding carboxylic acids is 2. The first-order valence-electron chi connectivity index (χ1n) is 11.2. The van der Waals surface area contributed by atoms with E-state index >= 15 is 0 Å². The van der Waals surface area contributed by atoms with Crippen LogP contribution >= 0.6 is 11.3 Å². The van der Waals surface area contributed by atoms with Crippen LogP contribution in [0.5, 0.6) is 0 Å². The number of carbonyl (C=O) groups is 2. The van der Waals surface area contributed by atoms with Crippen LogP contribution in [0.4, 0.5) is 4.79 Å². The van der Waals surface area contributed by atoms with Crippen molar-refractivity contribution in [1.82, 2.24) is 14.8 Å². The molecule has 31 heavy (non-hydrogen) atoms. The number of aryl methyl sites for hydroxylation is 1. The van der Waals surface area contributed by atoms with Crippen LogP contribution in [0.3, 0.4) is 0 Å². The standard InChI is InChI=1S/C24H31N3O3S/c1-16(2)13-20-15-30-24(29)27(20)19-9-11-26(12-10-19)22(28)14-21-17(3)31-23(25-21)18-7-5-4-6-8-18/h4-8,16,19-20H,9-15H2,1-3H3/t20-/m1/s1. The Morgan fingerprint density at radius 3 is 2.61 bits per heavy atom. The van der Waals surface area contributed by atoms with Crippen molar-refractivity contribution in [3.05, 3.63) is 40.9 Å². The predicted octanol–water partition coefficient (Wildman–Crippen LogP) is 4.52. The van der Waals surface area contributed by atoms with E-state index in [0.717, 1.165) is 40.4 Å². The summed E-state index contributed by atoms with van der Waals surface area (Å²) in [4.78, 5) is 35.0. The first-order chi connectivity index (χ1) is 14.9. The van der Waals surface area contributed by atoms with Crippen LogP contribution in [0.15, 0.2) is 30.3 Å². The Kier molecular flexibility index (Phi) is 6.60. The van der Waals surface area contributed by atoms with Crippen LogP contribution in [0.1, 0.15) is 43.7 Å². The van der Waals surface area contributed by atoms with Gasteiger partial charge in [-0.25, -0.2) is 9.78 Å². The van der Waals surface area contributed by atoms with Gasteiger partial charge >= 0.3 is 6.09 Å². The number of cyclic esters (lactones) is 1. The highest BCUT2D eigenvalue weighted by Crippen LogP contribution is 2.29. The monoisotopic (exact) mass is 441 g/mol. The van der Waals surface area contributed by atoms with Crippen LogP contribution < -0.4 is 0 Å². The summed E-state index contributed by atoms with van der Waals surface area (Å²) in [7, 11) is 0. The number of nitrogens with zero attached hydrogens (tertiary/aromatic N) is 3. The zero-order valence-electron chi connectivity index (χ0n) is 18.5. The first kappa shape index (κ1) is 21.8. The molecule has 4 rings (SSSR count). The quantitative estimate of drug-likeness (QED) is 0.661. The van der Waals surface area contributed by atoms with Gasteiger partial charge in [0.1, 0.15) is 11.6 Å². The maximum atomic E-state index is 13.0. The third-order valence-electron chi connectivity index (χ3n) is 6.19. The van der Waals surface area contributed by atoms with Gasteiger partial charge in [-0.2, -0.15) is 0 Å². The maximum absolute atomic E-state index is 13.0. The highest BCUT2D eigenvalue weighted by atomic mass is 32.1. The van der Waals surface area contributed by atoms with Crippen molar-refractivity contribution in [3.8, 4) is 10.6 Å². The van der Waals surface area contributed by atoms with Gasteiger partial charge in [0.15, 0.2) is 0 Å². The molecule has 0 bridgehead atoms. The molecule has 2 aromatic rings. The molecular weight excluding hydrogens is 410 g/mol. The molecule has 1 aromatic heterocycles. The Balaban J connectivity index is 1.35. The Labute approximate surface area is 188 Å².